The van der Waals surface area contributed by atoms with E-state index in [2.05, 4.69) is 10.2 Å². The van der Waals surface area contributed by atoms with Crippen molar-refractivity contribution in [2.45, 2.75) is 51.3 Å². The number of carbonyl (C=O) groups excluding carboxylic acids is 2. The van der Waals surface area contributed by atoms with Crippen molar-refractivity contribution in [3.05, 3.63) is 0 Å². The van der Waals surface area contributed by atoms with E-state index in [-0.39, 0.29) is 18.0 Å². The topological polar surface area (TPSA) is 74.4 Å². The molecule has 0 aromatic heterocycles. The van der Waals surface area contributed by atoms with Gasteiger partial charge in [0.25, 0.3) is 0 Å². The molecule has 27 heavy (non-hydrogen) atoms. The van der Waals surface area contributed by atoms with Gasteiger partial charge < -0.3 is 24.6 Å². The smallest absolute Gasteiger partial charge is 0.410 e. The summed E-state index contributed by atoms with van der Waals surface area (Å²) in [5.41, 5.74) is -0.459. The third-order valence-corrected chi connectivity index (χ3v) is 5.46. The zero-order chi connectivity index (χ0) is 19.4. The molecule has 1 unspecified atom stereocenters. The van der Waals surface area contributed by atoms with Crippen LogP contribution in [-0.4, -0.2) is 103 Å². The molecule has 154 valence electrons. The Labute approximate surface area is 162 Å². The molecule has 3 rings (SSSR count). The molecule has 0 aromatic carbocycles. The highest BCUT2D eigenvalue weighted by Crippen LogP contribution is 2.20. The molecule has 2 amide bonds. The van der Waals surface area contributed by atoms with E-state index in [9.17, 15) is 9.59 Å². The van der Waals surface area contributed by atoms with E-state index in [1.165, 1.54) is 0 Å². The molecule has 0 spiro atoms. The Hall–Kier alpha value is -1.38. The number of ether oxygens (including phenoxy) is 2. The predicted molar refractivity (Wildman–Crippen MR) is 102 cm³/mol. The molecule has 3 fully saturated rings. The summed E-state index contributed by atoms with van der Waals surface area (Å²) in [7, 11) is 0. The van der Waals surface area contributed by atoms with Crippen LogP contribution in [0.3, 0.4) is 0 Å². The van der Waals surface area contributed by atoms with Gasteiger partial charge in [-0.2, -0.15) is 0 Å². The second-order valence-corrected chi connectivity index (χ2v) is 8.64. The molecule has 8 nitrogen and oxygen atoms in total. The van der Waals surface area contributed by atoms with Crippen LogP contribution in [0.1, 0.15) is 33.6 Å². The van der Waals surface area contributed by atoms with Crippen LogP contribution in [0.5, 0.6) is 0 Å². The third-order valence-electron chi connectivity index (χ3n) is 5.46. The van der Waals surface area contributed by atoms with Crippen molar-refractivity contribution < 1.29 is 19.1 Å². The second-order valence-electron chi connectivity index (χ2n) is 8.64. The molecule has 0 aliphatic carbocycles. The van der Waals surface area contributed by atoms with Crippen molar-refractivity contribution in [3.8, 4) is 0 Å². The maximum absolute atomic E-state index is 12.8. The first-order valence-electron chi connectivity index (χ1n) is 10.2. The molecule has 3 aliphatic rings. The van der Waals surface area contributed by atoms with E-state index in [0.717, 1.165) is 32.5 Å². The van der Waals surface area contributed by atoms with Gasteiger partial charge in [-0.3, -0.25) is 9.69 Å². The van der Waals surface area contributed by atoms with Gasteiger partial charge in [0.1, 0.15) is 5.60 Å². The highest BCUT2D eigenvalue weighted by Gasteiger charge is 2.35. The Kier molecular flexibility index (Phi) is 6.60. The number of carbonyl (C=O) groups is 2. The van der Waals surface area contributed by atoms with Crippen LogP contribution in [0.4, 0.5) is 4.79 Å². The van der Waals surface area contributed by atoms with Gasteiger partial charge in [-0.25, -0.2) is 4.79 Å². The number of amides is 2. The van der Waals surface area contributed by atoms with Gasteiger partial charge in [0.2, 0.25) is 5.91 Å². The van der Waals surface area contributed by atoms with Crippen molar-refractivity contribution in [1.82, 2.24) is 20.0 Å². The summed E-state index contributed by atoms with van der Waals surface area (Å²) in [5.74, 6) is 0.189. The van der Waals surface area contributed by atoms with Crippen LogP contribution >= 0.6 is 0 Å². The standard InChI is InChI=1S/C19H34N4O4/c1-19(2,3)27-18(25)22-7-4-15(5-8-22)23-9-6-20-16(14-23)17(24)21-10-12-26-13-11-21/h15-16,20H,4-14H2,1-3H3. The van der Waals surface area contributed by atoms with Gasteiger partial charge in [-0.05, 0) is 33.6 Å². The SMILES string of the molecule is CC(C)(C)OC(=O)N1CCC(N2CCNC(C(=O)N3CCOCC3)C2)CC1. The summed E-state index contributed by atoms with van der Waals surface area (Å²) in [4.78, 5) is 31.1. The fraction of sp³-hybridized carbons (Fsp3) is 0.895. The van der Waals surface area contributed by atoms with Crippen LogP contribution in [0.25, 0.3) is 0 Å². The Morgan fingerprint density at radius 2 is 1.67 bits per heavy atom. The number of nitrogens with one attached hydrogen (secondary N) is 1. The number of hydrogen-bond donors (Lipinski definition) is 1. The highest BCUT2D eigenvalue weighted by atomic mass is 16.6. The summed E-state index contributed by atoms with van der Waals surface area (Å²) in [6, 6.07) is 0.284. The number of likely N-dealkylation sites (tertiary alicyclic amines) is 1. The third kappa shape index (κ3) is 5.56. The summed E-state index contributed by atoms with van der Waals surface area (Å²) < 4.78 is 10.8. The van der Waals surface area contributed by atoms with E-state index < -0.39 is 5.60 Å². The maximum atomic E-state index is 12.8. The molecule has 3 heterocycles. The lowest BCUT2D eigenvalue weighted by Gasteiger charge is -2.43. The first-order chi connectivity index (χ1) is 12.8. The normalized spacial score (nSPS) is 26.1. The summed E-state index contributed by atoms with van der Waals surface area (Å²) in [6.07, 6.45) is 1.64. The second kappa shape index (κ2) is 8.75. The van der Waals surface area contributed by atoms with E-state index in [1.807, 2.05) is 25.7 Å². The summed E-state index contributed by atoms with van der Waals surface area (Å²) >= 11 is 0. The largest absolute Gasteiger partial charge is 0.444 e. The molecule has 0 saturated carbocycles. The summed E-state index contributed by atoms with van der Waals surface area (Å²) in [5, 5.41) is 3.38. The van der Waals surface area contributed by atoms with Crippen LogP contribution in [0.2, 0.25) is 0 Å². The molecule has 3 aliphatic heterocycles. The lowest BCUT2D eigenvalue weighted by molar-refractivity contribution is -0.139. The van der Waals surface area contributed by atoms with E-state index >= 15 is 0 Å². The Balaban J connectivity index is 1.48. The fourth-order valence-corrected chi connectivity index (χ4v) is 4.01. The number of hydrogen-bond acceptors (Lipinski definition) is 6. The molecule has 0 radical (unpaired) electrons. The van der Waals surface area contributed by atoms with E-state index in [0.29, 0.717) is 45.4 Å². The lowest BCUT2D eigenvalue weighted by atomic mass is 10.0. The molecule has 3 saturated heterocycles. The molecular weight excluding hydrogens is 348 g/mol. The zero-order valence-corrected chi connectivity index (χ0v) is 16.9. The molecule has 1 atom stereocenters. The monoisotopic (exact) mass is 382 g/mol. The minimum atomic E-state index is -0.459. The van der Waals surface area contributed by atoms with Gasteiger partial charge in [-0.1, -0.05) is 0 Å². The molecule has 0 aromatic rings. The number of piperidine rings is 1. The molecule has 0 bridgehead atoms. The van der Waals surface area contributed by atoms with Crippen molar-refractivity contribution in [1.29, 1.82) is 0 Å². The Morgan fingerprint density at radius 3 is 2.30 bits per heavy atom. The van der Waals surface area contributed by atoms with E-state index in [4.69, 9.17) is 9.47 Å². The van der Waals surface area contributed by atoms with Crippen LogP contribution < -0.4 is 5.32 Å². The maximum Gasteiger partial charge on any atom is 0.410 e. The molecular formula is C19H34N4O4. The zero-order valence-electron chi connectivity index (χ0n) is 16.9. The number of piperazine rings is 1. The molecule has 1 N–H and O–H groups in total. The highest BCUT2D eigenvalue weighted by molar-refractivity contribution is 5.82. The number of nitrogens with zero attached hydrogens (tertiary/aromatic N) is 3. The predicted octanol–water partition coefficient (Wildman–Crippen LogP) is 0.519. The Morgan fingerprint density at radius 1 is 1.00 bits per heavy atom. The van der Waals surface area contributed by atoms with Crippen LogP contribution in [-0.2, 0) is 14.3 Å². The summed E-state index contributed by atoms with van der Waals surface area (Å²) in [6.45, 7) is 12.3. The fourth-order valence-electron chi connectivity index (χ4n) is 4.01. The van der Waals surface area contributed by atoms with Crippen molar-refractivity contribution >= 4 is 12.0 Å². The van der Waals surface area contributed by atoms with Gasteiger partial charge in [-0.15, -0.1) is 0 Å². The minimum Gasteiger partial charge on any atom is -0.444 e. The lowest BCUT2D eigenvalue weighted by Crippen LogP contribution is -2.61. The van der Waals surface area contributed by atoms with E-state index in [1.54, 1.807) is 4.90 Å². The number of rotatable bonds is 2. The van der Waals surface area contributed by atoms with Crippen LogP contribution in [0.15, 0.2) is 0 Å². The Bertz CT molecular complexity index is 522. The van der Waals surface area contributed by atoms with Gasteiger partial charge in [0.15, 0.2) is 0 Å². The first kappa shape index (κ1) is 20.4. The quantitative estimate of drug-likeness (QED) is 0.751. The van der Waals surface area contributed by atoms with Crippen molar-refractivity contribution in [2.24, 2.45) is 0 Å². The van der Waals surface area contributed by atoms with Crippen molar-refractivity contribution in [3.63, 3.8) is 0 Å². The first-order valence-corrected chi connectivity index (χ1v) is 10.2. The van der Waals surface area contributed by atoms with Gasteiger partial charge in [0, 0.05) is 51.9 Å². The van der Waals surface area contributed by atoms with Gasteiger partial charge in [0.05, 0.1) is 19.3 Å². The van der Waals surface area contributed by atoms with Crippen molar-refractivity contribution in [2.75, 3.05) is 59.0 Å². The number of morpholine rings is 1. The van der Waals surface area contributed by atoms with Gasteiger partial charge >= 0.3 is 6.09 Å². The average Bonchev–Trinajstić information content (AvgIpc) is 2.67. The average molecular weight is 383 g/mol. The van der Waals surface area contributed by atoms with Crippen LogP contribution in [0, 0.1) is 0 Å². The molecule has 8 heteroatoms. The minimum absolute atomic E-state index is 0.138.